The van der Waals surface area contributed by atoms with Gasteiger partial charge in [0.2, 0.25) is 29.5 Å². The number of para-hydroxylation sites is 2. The zero-order valence-corrected chi connectivity index (χ0v) is 36.0. The Hall–Kier alpha value is -6.17. The minimum Gasteiger partial charge on any atom is -0.480 e. The number of amides is 5. The Labute approximate surface area is 363 Å². The van der Waals surface area contributed by atoms with Crippen molar-refractivity contribution in [1.29, 1.82) is 0 Å². The molecule has 0 fully saturated rings. The van der Waals surface area contributed by atoms with Gasteiger partial charge in [-0.2, -0.15) is 11.8 Å². The first-order valence-electron chi connectivity index (χ1n) is 20.5. The van der Waals surface area contributed by atoms with Crippen molar-refractivity contribution in [3.05, 3.63) is 108 Å². The van der Waals surface area contributed by atoms with E-state index in [0.717, 1.165) is 27.4 Å². The molecule has 0 spiro atoms. The van der Waals surface area contributed by atoms with Crippen molar-refractivity contribution in [3.8, 4) is 0 Å². The molecule has 0 unspecified atom stereocenters. The Bertz CT molecular complexity index is 2330. The minimum absolute atomic E-state index is 0.00650. The highest BCUT2D eigenvalue weighted by Gasteiger charge is 2.35. The molecule has 5 amide bonds. The number of fused-ring (bicyclic) bond motifs is 2. The molecule has 62 heavy (non-hydrogen) atoms. The van der Waals surface area contributed by atoms with Crippen molar-refractivity contribution in [3.63, 3.8) is 0 Å². The second-order valence-corrected chi connectivity index (χ2v) is 16.7. The van der Waals surface area contributed by atoms with Crippen LogP contribution in [0, 0.1) is 5.92 Å². The van der Waals surface area contributed by atoms with Crippen LogP contribution in [0.5, 0.6) is 0 Å². The van der Waals surface area contributed by atoms with Gasteiger partial charge in [0.1, 0.15) is 30.2 Å². The molecule has 0 radical (unpaired) electrons. The second-order valence-electron chi connectivity index (χ2n) is 15.7. The molecular weight excluding hydrogens is 813 g/mol. The van der Waals surface area contributed by atoms with Crippen LogP contribution in [0.25, 0.3) is 21.8 Å². The van der Waals surface area contributed by atoms with Crippen molar-refractivity contribution in [2.45, 2.75) is 88.8 Å². The van der Waals surface area contributed by atoms with E-state index in [4.69, 9.17) is 5.73 Å². The Morgan fingerprint density at radius 2 is 1.10 bits per heavy atom. The number of benzene rings is 3. The fourth-order valence-electron chi connectivity index (χ4n) is 7.16. The summed E-state index contributed by atoms with van der Waals surface area (Å²) in [5.74, 6) is -4.99. The van der Waals surface area contributed by atoms with E-state index < -0.39 is 83.8 Å². The maximum Gasteiger partial charge on any atom is 0.326 e. The van der Waals surface area contributed by atoms with Crippen LogP contribution in [0.4, 0.5) is 0 Å². The van der Waals surface area contributed by atoms with Crippen LogP contribution in [0.3, 0.4) is 0 Å². The number of carboxylic acids is 1. The molecule has 2 aromatic heterocycles. The monoisotopic (exact) mass is 868 g/mol. The standard InChI is InChI=1S/C45H56N8O8S/c1-25(2)38(45(60)61)52-43(58)37(22-29-24-48-34-17-11-9-15-31(29)34)51-42(57)36(20-27-12-6-5-7-13-27)50-41(56)35(18-19-62-4)49-44(59)39(26(3)54)53-40(55)32(46)21-28-23-47-33-16-10-8-14-30(28)33/h5-17,23-26,32,35-39,47-48,54H,18-22,46H2,1-4H3,(H,49,59)(H,50,56)(H,51,57)(H,52,58)(H,53,55)(H,60,61)/t26-,32+,35+,36+,37+,38+,39+/m1/s1. The third-order valence-corrected chi connectivity index (χ3v) is 11.3. The molecule has 0 aliphatic heterocycles. The molecule has 5 rings (SSSR count). The number of aliphatic hydroxyl groups is 1. The van der Waals surface area contributed by atoms with Crippen LogP contribution in [0.2, 0.25) is 0 Å². The van der Waals surface area contributed by atoms with Gasteiger partial charge in [0.15, 0.2) is 0 Å². The van der Waals surface area contributed by atoms with E-state index in [1.165, 1.54) is 18.7 Å². The number of aromatic amines is 2. The van der Waals surface area contributed by atoms with Gasteiger partial charge in [-0.1, -0.05) is 80.6 Å². The molecule has 3 aromatic carbocycles. The van der Waals surface area contributed by atoms with E-state index in [-0.39, 0.29) is 25.7 Å². The van der Waals surface area contributed by atoms with E-state index >= 15 is 0 Å². The molecule has 16 nitrogen and oxygen atoms in total. The molecule has 0 saturated heterocycles. The Morgan fingerprint density at radius 3 is 1.65 bits per heavy atom. The maximum absolute atomic E-state index is 14.4. The molecule has 0 aliphatic rings. The zero-order chi connectivity index (χ0) is 44.9. The number of thioether (sulfide) groups is 1. The van der Waals surface area contributed by atoms with Gasteiger partial charge >= 0.3 is 5.97 Å². The van der Waals surface area contributed by atoms with Gasteiger partial charge in [0, 0.05) is 47.0 Å². The highest BCUT2D eigenvalue weighted by Crippen LogP contribution is 2.21. The molecule has 7 atom stereocenters. The summed E-state index contributed by atoms with van der Waals surface area (Å²) in [4.78, 5) is 87.9. The van der Waals surface area contributed by atoms with Crippen LogP contribution < -0.4 is 32.3 Å². The number of H-pyrrole nitrogens is 2. The molecule has 0 bridgehead atoms. The van der Waals surface area contributed by atoms with Crippen molar-refractivity contribution >= 4 is 69.1 Å². The summed E-state index contributed by atoms with van der Waals surface area (Å²) in [5, 5.41) is 35.6. The van der Waals surface area contributed by atoms with Crippen LogP contribution in [-0.2, 0) is 48.0 Å². The van der Waals surface area contributed by atoms with Gasteiger partial charge in [-0.05, 0) is 66.5 Å². The molecule has 5 aromatic rings. The second kappa shape index (κ2) is 22.1. The number of carbonyl (C=O) groups is 6. The third kappa shape index (κ3) is 12.5. The average Bonchev–Trinajstić information content (AvgIpc) is 3.86. The Morgan fingerprint density at radius 1 is 0.613 bits per heavy atom. The normalized spacial score (nSPS) is 14.8. The SMILES string of the molecule is CSCC[C@H](NC(=O)[C@@H](NC(=O)[C@@H](N)Cc1c[nH]c2ccccc12)[C@@H](C)O)C(=O)N[C@@H](Cc1ccccc1)C(=O)N[C@@H](Cc1c[nH]c2ccccc12)C(=O)N[C@H](C(=O)O)C(C)C. The van der Waals surface area contributed by atoms with E-state index in [9.17, 15) is 39.0 Å². The van der Waals surface area contributed by atoms with Crippen molar-refractivity contribution < 1.29 is 39.0 Å². The molecule has 17 heteroatoms. The number of aromatic nitrogens is 2. The van der Waals surface area contributed by atoms with Crippen LogP contribution in [0.15, 0.2) is 91.3 Å². The van der Waals surface area contributed by atoms with Crippen LogP contribution in [-0.4, -0.2) is 110 Å². The van der Waals surface area contributed by atoms with E-state index in [1.54, 1.807) is 56.6 Å². The number of rotatable bonds is 22. The number of carboxylic acid groups (broad SMARTS) is 1. The first-order valence-corrected chi connectivity index (χ1v) is 21.9. The molecular formula is C45H56N8O8S. The van der Waals surface area contributed by atoms with E-state index in [0.29, 0.717) is 16.9 Å². The topological polar surface area (TPSA) is 261 Å². The van der Waals surface area contributed by atoms with Gasteiger partial charge < -0.3 is 52.5 Å². The average molecular weight is 869 g/mol. The summed E-state index contributed by atoms with van der Waals surface area (Å²) in [6, 6.07) is 16.3. The van der Waals surface area contributed by atoms with E-state index in [2.05, 4.69) is 36.6 Å². The predicted molar refractivity (Wildman–Crippen MR) is 239 cm³/mol. The number of aliphatic hydroxyl groups excluding tert-OH is 1. The predicted octanol–water partition coefficient (Wildman–Crippen LogP) is 2.30. The fraction of sp³-hybridized carbons (Fsp3) is 0.378. The maximum atomic E-state index is 14.4. The number of hydrogen-bond donors (Lipinski definition) is 10. The highest BCUT2D eigenvalue weighted by atomic mass is 32.2. The van der Waals surface area contributed by atoms with Crippen LogP contribution in [0.1, 0.15) is 43.9 Å². The summed E-state index contributed by atoms with van der Waals surface area (Å²) in [6.07, 6.45) is 4.18. The summed E-state index contributed by atoms with van der Waals surface area (Å²) in [5.41, 5.74) is 10.1. The van der Waals surface area contributed by atoms with E-state index in [1.807, 2.05) is 54.8 Å². The van der Waals surface area contributed by atoms with Gasteiger partial charge in [0.05, 0.1) is 12.1 Å². The first-order chi connectivity index (χ1) is 29.7. The number of carbonyl (C=O) groups excluding carboxylic acids is 5. The van der Waals surface area contributed by atoms with Crippen molar-refractivity contribution in [2.75, 3.05) is 12.0 Å². The smallest absolute Gasteiger partial charge is 0.326 e. The lowest BCUT2D eigenvalue weighted by Crippen LogP contribution is -2.61. The summed E-state index contributed by atoms with van der Waals surface area (Å²) < 4.78 is 0. The largest absolute Gasteiger partial charge is 0.480 e. The molecule has 11 N–H and O–H groups in total. The minimum atomic E-state index is -1.48. The summed E-state index contributed by atoms with van der Waals surface area (Å²) in [7, 11) is 0. The quantitative estimate of drug-likeness (QED) is 0.0486. The number of hydrogen-bond acceptors (Lipinski definition) is 9. The molecule has 0 saturated carbocycles. The number of aliphatic carboxylic acids is 1. The number of nitrogens with two attached hydrogens (primary N) is 1. The number of nitrogens with one attached hydrogen (secondary N) is 7. The fourth-order valence-corrected chi connectivity index (χ4v) is 7.63. The van der Waals surface area contributed by atoms with Gasteiger partial charge in [-0.3, -0.25) is 24.0 Å². The zero-order valence-electron chi connectivity index (χ0n) is 35.1. The van der Waals surface area contributed by atoms with Gasteiger partial charge in [-0.25, -0.2) is 4.79 Å². The van der Waals surface area contributed by atoms with Crippen molar-refractivity contribution in [2.24, 2.45) is 11.7 Å². The van der Waals surface area contributed by atoms with Crippen LogP contribution >= 0.6 is 11.8 Å². The van der Waals surface area contributed by atoms with Gasteiger partial charge in [-0.15, -0.1) is 0 Å². The summed E-state index contributed by atoms with van der Waals surface area (Å²) in [6.45, 7) is 4.64. The lowest BCUT2D eigenvalue weighted by molar-refractivity contribution is -0.143. The highest BCUT2D eigenvalue weighted by molar-refractivity contribution is 7.98. The first kappa shape index (κ1) is 46.9. The molecule has 330 valence electrons. The molecule has 0 aliphatic carbocycles. The third-order valence-electron chi connectivity index (χ3n) is 10.6. The Balaban J connectivity index is 1.35. The lowest BCUT2D eigenvalue weighted by atomic mass is 10.00. The Kier molecular flexibility index (Phi) is 16.7. The molecule has 2 heterocycles. The van der Waals surface area contributed by atoms with Crippen molar-refractivity contribution in [1.82, 2.24) is 36.6 Å². The summed E-state index contributed by atoms with van der Waals surface area (Å²) >= 11 is 1.42. The lowest BCUT2D eigenvalue weighted by Gasteiger charge is -2.28. The van der Waals surface area contributed by atoms with Gasteiger partial charge in [0.25, 0.3) is 0 Å².